The molecule has 106 valence electrons. The first-order valence-corrected chi connectivity index (χ1v) is 7.53. The molecule has 2 heterocycles. The zero-order chi connectivity index (χ0) is 14.0. The highest BCUT2D eigenvalue weighted by Gasteiger charge is 2.37. The van der Waals surface area contributed by atoms with Crippen LogP contribution in [0.3, 0.4) is 0 Å². The van der Waals surface area contributed by atoms with Crippen molar-refractivity contribution in [3.63, 3.8) is 0 Å². The maximum absolute atomic E-state index is 11.6. The van der Waals surface area contributed by atoms with Gasteiger partial charge in [-0.15, -0.1) is 0 Å². The second-order valence-electron chi connectivity index (χ2n) is 4.43. The van der Waals surface area contributed by atoms with E-state index >= 15 is 0 Å². The number of imide groups is 1. The summed E-state index contributed by atoms with van der Waals surface area (Å²) in [6.45, 7) is 0.00515. The van der Waals surface area contributed by atoms with E-state index in [1.54, 1.807) is 0 Å². The number of amides is 3. The molecule has 3 atom stereocenters. The molecule has 19 heavy (non-hydrogen) atoms. The van der Waals surface area contributed by atoms with Crippen LogP contribution in [0.15, 0.2) is 4.99 Å². The lowest BCUT2D eigenvalue weighted by atomic mass is 9.99. The SMILES string of the molecule is C=P(O)(O)OC[C@@H]1CC[C@H](C2C=NC(=O)NC2=O)O1. The lowest BCUT2D eigenvalue weighted by Crippen LogP contribution is -2.44. The summed E-state index contributed by atoms with van der Waals surface area (Å²) in [5.74, 6) is -1.04. The molecule has 0 saturated carbocycles. The van der Waals surface area contributed by atoms with Crippen molar-refractivity contribution in [3.8, 4) is 0 Å². The summed E-state index contributed by atoms with van der Waals surface area (Å²) in [5, 5.41) is 2.11. The van der Waals surface area contributed by atoms with Crippen LogP contribution in [0.5, 0.6) is 0 Å². The molecule has 1 unspecified atom stereocenters. The molecule has 1 saturated heterocycles. The lowest BCUT2D eigenvalue weighted by Gasteiger charge is -2.22. The molecule has 2 rings (SSSR count). The van der Waals surface area contributed by atoms with E-state index in [-0.39, 0.29) is 18.8 Å². The number of urea groups is 1. The van der Waals surface area contributed by atoms with Gasteiger partial charge in [0.2, 0.25) is 13.5 Å². The van der Waals surface area contributed by atoms with Crippen molar-refractivity contribution in [1.29, 1.82) is 0 Å². The topological polar surface area (TPSA) is 117 Å². The fraction of sp³-hybridized carbons (Fsp3) is 0.600. The second-order valence-corrected chi connectivity index (χ2v) is 6.02. The standard InChI is InChI=1S/C10H15N2O6P/c1-19(15,16)17-5-6-2-3-8(18-6)7-4-11-10(14)12-9(7)13/h4,6-8,15-16H,1-3,5H2,(H,12,13,14)/t6-,7?,8+/m0/s1. The number of nitrogens with zero attached hydrogens (tertiary/aromatic N) is 1. The Morgan fingerprint density at radius 2 is 2.26 bits per heavy atom. The predicted octanol–water partition coefficient (Wildman–Crippen LogP) is -0.333. The third-order valence-electron chi connectivity index (χ3n) is 2.89. The number of ether oxygens (including phenoxy) is 1. The predicted molar refractivity (Wildman–Crippen MR) is 67.8 cm³/mol. The van der Waals surface area contributed by atoms with Gasteiger partial charge in [0, 0.05) is 6.21 Å². The summed E-state index contributed by atoms with van der Waals surface area (Å²) in [7, 11) is -3.52. The molecule has 0 bridgehead atoms. The van der Waals surface area contributed by atoms with E-state index in [0.29, 0.717) is 12.8 Å². The van der Waals surface area contributed by atoms with Gasteiger partial charge in [-0.05, 0) is 19.1 Å². The molecule has 0 aromatic heterocycles. The zero-order valence-corrected chi connectivity index (χ0v) is 11.0. The highest BCUT2D eigenvalue weighted by Crippen LogP contribution is 2.37. The van der Waals surface area contributed by atoms with Crippen molar-refractivity contribution in [1.82, 2.24) is 5.32 Å². The molecule has 0 spiro atoms. The Morgan fingerprint density at radius 3 is 2.89 bits per heavy atom. The Labute approximate surface area is 109 Å². The quantitative estimate of drug-likeness (QED) is 0.610. The lowest BCUT2D eigenvalue weighted by molar-refractivity contribution is -0.126. The highest BCUT2D eigenvalue weighted by atomic mass is 31.2. The number of hydrogen-bond donors (Lipinski definition) is 3. The van der Waals surface area contributed by atoms with Crippen LogP contribution in [0, 0.1) is 5.92 Å². The molecule has 0 aliphatic carbocycles. The Bertz CT molecular complexity index is 459. The first-order chi connectivity index (χ1) is 8.85. The molecule has 2 aliphatic heterocycles. The van der Waals surface area contributed by atoms with Crippen molar-refractivity contribution < 1.29 is 28.6 Å². The van der Waals surface area contributed by atoms with Gasteiger partial charge in [-0.3, -0.25) is 10.1 Å². The van der Waals surface area contributed by atoms with E-state index in [4.69, 9.17) is 19.0 Å². The summed E-state index contributed by atoms with van der Waals surface area (Å²) in [4.78, 5) is 44.0. The monoisotopic (exact) mass is 290 g/mol. The fourth-order valence-corrected chi connectivity index (χ4v) is 2.43. The maximum Gasteiger partial charge on any atom is 0.347 e. The van der Waals surface area contributed by atoms with Crippen molar-refractivity contribution in [2.24, 2.45) is 10.9 Å². The second kappa shape index (κ2) is 5.52. The molecule has 1 fully saturated rings. The van der Waals surface area contributed by atoms with Crippen LogP contribution in [0.1, 0.15) is 12.8 Å². The Morgan fingerprint density at radius 1 is 1.53 bits per heavy atom. The summed E-state index contributed by atoms with van der Waals surface area (Å²) < 4.78 is 10.4. The Hall–Kier alpha value is -1.05. The molecule has 3 amide bonds. The number of carbonyl (C=O) groups excluding carboxylic acids is 2. The van der Waals surface area contributed by atoms with Gasteiger partial charge in [0.05, 0.1) is 18.8 Å². The van der Waals surface area contributed by atoms with Crippen LogP contribution in [0.2, 0.25) is 0 Å². The molecule has 9 heteroatoms. The van der Waals surface area contributed by atoms with Crippen LogP contribution in [0.25, 0.3) is 0 Å². The molecular weight excluding hydrogens is 275 g/mol. The van der Waals surface area contributed by atoms with Gasteiger partial charge in [0.25, 0.3) is 0 Å². The minimum atomic E-state index is -3.52. The van der Waals surface area contributed by atoms with Crippen LogP contribution < -0.4 is 5.32 Å². The molecular formula is C10H15N2O6P. The Kier molecular flexibility index (Phi) is 4.17. The number of hydrogen-bond acceptors (Lipinski definition) is 6. The molecule has 0 aromatic carbocycles. The van der Waals surface area contributed by atoms with Gasteiger partial charge in [-0.1, -0.05) is 0 Å². The van der Waals surface area contributed by atoms with Gasteiger partial charge >= 0.3 is 6.03 Å². The van der Waals surface area contributed by atoms with Gasteiger partial charge in [-0.25, -0.2) is 9.79 Å². The van der Waals surface area contributed by atoms with E-state index in [1.807, 2.05) is 0 Å². The first kappa shape index (κ1) is 14.4. The average Bonchev–Trinajstić information content (AvgIpc) is 2.74. The van der Waals surface area contributed by atoms with Gasteiger partial charge in [0.1, 0.15) is 5.92 Å². The Balaban J connectivity index is 1.88. The molecule has 3 N–H and O–H groups in total. The van der Waals surface area contributed by atoms with E-state index in [9.17, 15) is 9.59 Å². The van der Waals surface area contributed by atoms with Crippen molar-refractivity contribution >= 4 is 32.0 Å². The first-order valence-electron chi connectivity index (χ1n) is 5.73. The summed E-state index contributed by atoms with van der Waals surface area (Å²) >= 11 is 0. The summed E-state index contributed by atoms with van der Waals surface area (Å²) in [6.07, 6.45) is 4.87. The van der Waals surface area contributed by atoms with Crippen LogP contribution in [-0.4, -0.2) is 53.1 Å². The smallest absolute Gasteiger partial charge is 0.347 e. The third kappa shape index (κ3) is 3.95. The normalized spacial score (nSPS) is 31.6. The number of nitrogens with one attached hydrogen (secondary N) is 1. The maximum atomic E-state index is 11.6. The van der Waals surface area contributed by atoms with Gasteiger partial charge in [-0.2, -0.15) is 0 Å². The highest BCUT2D eigenvalue weighted by molar-refractivity contribution is 7.57. The van der Waals surface area contributed by atoms with Gasteiger partial charge in [0.15, 0.2) is 0 Å². The van der Waals surface area contributed by atoms with E-state index in [1.165, 1.54) is 6.21 Å². The molecule has 2 aliphatic rings. The third-order valence-corrected chi connectivity index (χ3v) is 3.46. The molecule has 0 radical (unpaired) electrons. The average molecular weight is 290 g/mol. The molecule has 0 aromatic rings. The largest absolute Gasteiger partial charge is 0.371 e. The number of carbonyl (C=O) groups is 2. The fourth-order valence-electron chi connectivity index (χ4n) is 2.02. The van der Waals surface area contributed by atoms with Crippen LogP contribution >= 0.6 is 7.57 Å². The van der Waals surface area contributed by atoms with E-state index in [2.05, 4.69) is 16.6 Å². The minimum absolute atomic E-state index is 0.00515. The zero-order valence-electron chi connectivity index (χ0n) is 10.1. The van der Waals surface area contributed by atoms with Crippen molar-refractivity contribution in [3.05, 3.63) is 0 Å². The summed E-state index contributed by atoms with van der Waals surface area (Å²) in [5.41, 5.74) is 0. The van der Waals surface area contributed by atoms with Crippen LogP contribution in [0.4, 0.5) is 4.79 Å². The number of rotatable bonds is 4. The van der Waals surface area contributed by atoms with Gasteiger partial charge < -0.3 is 19.0 Å². The molecule has 8 nitrogen and oxygen atoms in total. The van der Waals surface area contributed by atoms with Crippen molar-refractivity contribution in [2.45, 2.75) is 25.0 Å². The van der Waals surface area contributed by atoms with Crippen molar-refractivity contribution in [2.75, 3.05) is 6.61 Å². The minimum Gasteiger partial charge on any atom is -0.371 e. The van der Waals surface area contributed by atoms with E-state index < -0.39 is 25.4 Å². The van der Waals surface area contributed by atoms with Crippen LogP contribution in [-0.2, 0) is 14.1 Å². The summed E-state index contributed by atoms with van der Waals surface area (Å²) in [6, 6.07) is -0.675. The van der Waals surface area contributed by atoms with E-state index in [0.717, 1.165) is 0 Å². The number of aliphatic imine (C=N–C) groups is 1.